The van der Waals surface area contributed by atoms with Crippen molar-refractivity contribution in [1.82, 2.24) is 15.3 Å². The van der Waals surface area contributed by atoms with Crippen molar-refractivity contribution in [3.63, 3.8) is 0 Å². The van der Waals surface area contributed by atoms with Crippen molar-refractivity contribution >= 4 is 23.4 Å². The number of alkyl halides is 3. The molecule has 52 heavy (non-hydrogen) atoms. The number of ether oxygens (including phenoxy) is 3. The van der Waals surface area contributed by atoms with Crippen LogP contribution in [0.4, 0.5) is 13.2 Å². The van der Waals surface area contributed by atoms with Gasteiger partial charge in [0.1, 0.15) is 17.5 Å². The van der Waals surface area contributed by atoms with Crippen LogP contribution in [0.25, 0.3) is 22.4 Å². The smallest absolute Gasteiger partial charge is 0.421 e. The number of aryl methyl sites for hydroxylation is 1. The Morgan fingerprint density at radius 2 is 1.67 bits per heavy atom. The van der Waals surface area contributed by atoms with Crippen molar-refractivity contribution in [3.05, 3.63) is 87.4 Å². The molecule has 2 aromatic heterocycles. The average Bonchev–Trinajstić information content (AvgIpc) is 3.73. The normalized spacial score (nSPS) is 16.9. The number of carboxylic acids is 1. The van der Waals surface area contributed by atoms with Crippen LogP contribution in [-0.2, 0) is 35.2 Å². The van der Waals surface area contributed by atoms with Gasteiger partial charge in [-0.15, -0.1) is 0 Å². The van der Waals surface area contributed by atoms with E-state index >= 15 is 0 Å². The van der Waals surface area contributed by atoms with Gasteiger partial charge in [-0.05, 0) is 73.4 Å². The molecule has 0 aliphatic heterocycles. The summed E-state index contributed by atoms with van der Waals surface area (Å²) < 4.78 is 59.8. The zero-order valence-corrected chi connectivity index (χ0v) is 29.6. The van der Waals surface area contributed by atoms with E-state index in [2.05, 4.69) is 10.3 Å². The molecule has 6 rings (SSSR count). The first-order chi connectivity index (χ1) is 25.0. The second-order valence-corrected chi connectivity index (χ2v) is 13.5. The van der Waals surface area contributed by atoms with Gasteiger partial charge in [-0.2, -0.15) is 18.2 Å². The van der Waals surface area contributed by atoms with E-state index in [0.29, 0.717) is 66.1 Å². The number of carbonyl (C=O) groups is 2. The van der Waals surface area contributed by atoms with Gasteiger partial charge in [0.15, 0.2) is 0 Å². The molecule has 2 aromatic carbocycles. The van der Waals surface area contributed by atoms with Gasteiger partial charge in [0.2, 0.25) is 17.6 Å². The summed E-state index contributed by atoms with van der Waals surface area (Å²) >= 11 is 7.09. The molecule has 1 saturated carbocycles. The number of carbonyl (C=O) groups excluding carboxylic acids is 1. The topological polar surface area (TPSA) is 120 Å². The van der Waals surface area contributed by atoms with E-state index in [1.54, 1.807) is 7.11 Å². The largest absolute Gasteiger partial charge is 0.481 e. The van der Waals surface area contributed by atoms with E-state index in [4.69, 9.17) is 35.9 Å². The number of fused-ring (bicyclic) bond motifs is 1. The molecule has 2 heterocycles. The van der Waals surface area contributed by atoms with Crippen LogP contribution in [0.15, 0.2) is 54.6 Å². The molecule has 274 valence electrons. The van der Waals surface area contributed by atoms with E-state index in [1.165, 1.54) is 7.11 Å². The van der Waals surface area contributed by atoms with Gasteiger partial charge >= 0.3 is 12.1 Å². The van der Waals surface area contributed by atoms with Crippen LogP contribution in [-0.4, -0.2) is 47.6 Å². The highest BCUT2D eigenvalue weighted by Gasteiger charge is 2.38. The van der Waals surface area contributed by atoms with Crippen LogP contribution in [0, 0.1) is 5.92 Å². The molecule has 0 bridgehead atoms. The number of hydrogen-bond acceptors (Lipinski definition) is 8. The number of hydrogen-bond donors (Lipinski definition) is 2. The lowest BCUT2D eigenvalue weighted by molar-refractivity contribution is -0.140. The number of nitrogens with one attached hydrogen (secondary N) is 1. The summed E-state index contributed by atoms with van der Waals surface area (Å²) in [4.78, 5) is 31.5. The molecule has 2 aliphatic carbocycles. The number of halogens is 4. The van der Waals surface area contributed by atoms with Crippen LogP contribution in [0.1, 0.15) is 72.4 Å². The first-order valence-electron chi connectivity index (χ1n) is 17.2. The molecule has 2 atom stereocenters. The molecule has 13 heteroatoms. The Morgan fingerprint density at radius 1 is 0.942 bits per heavy atom. The third kappa shape index (κ3) is 8.18. The molecule has 0 unspecified atom stereocenters. The summed E-state index contributed by atoms with van der Waals surface area (Å²) in [5.41, 5.74) is 4.53. The molecular weight excluding hydrogens is 699 g/mol. The minimum absolute atomic E-state index is 0.0414. The summed E-state index contributed by atoms with van der Waals surface area (Å²) in [6.45, 7) is 1.28. The monoisotopic (exact) mass is 737 g/mol. The standard InChI is InChI=1S/C39H39ClF3N3O6/c1-50-36-23(6-3-11-34(48)49)19-31(39(41,42)43)38(46-36)52-33-17-15-27-26(7-4-8-28(27)33)29-9-5-10-30(35(29)40)32-16-13-24(37(45-32)51-2)21-44-20-22-12-14-25(47)18-22/h4-5,7-10,13,16,19,22,33,44H,3,6,11-12,14-15,17-18,20-21H2,1-2H3,(H,48,49)/t22-,33+/m1/s1. The summed E-state index contributed by atoms with van der Waals surface area (Å²) in [5, 5.41) is 12.9. The van der Waals surface area contributed by atoms with Crippen molar-refractivity contribution in [2.24, 2.45) is 5.92 Å². The molecule has 9 nitrogen and oxygen atoms in total. The van der Waals surface area contributed by atoms with E-state index in [1.807, 2.05) is 48.5 Å². The molecule has 4 aromatic rings. The van der Waals surface area contributed by atoms with Gasteiger partial charge in [0, 0.05) is 48.1 Å². The number of Topliss-reactive ketones (excluding diaryl/α,β-unsaturated/α-hetero) is 1. The second kappa shape index (κ2) is 15.9. The number of pyridine rings is 2. The van der Waals surface area contributed by atoms with Crippen LogP contribution < -0.4 is 19.5 Å². The minimum atomic E-state index is -4.77. The highest BCUT2D eigenvalue weighted by Crippen LogP contribution is 2.46. The Hall–Kier alpha value is -4.68. The van der Waals surface area contributed by atoms with Crippen molar-refractivity contribution in [1.29, 1.82) is 0 Å². The summed E-state index contributed by atoms with van der Waals surface area (Å²) in [6.07, 6.45) is -2.38. The summed E-state index contributed by atoms with van der Waals surface area (Å²) in [6, 6.07) is 16.0. The Balaban J connectivity index is 1.25. The Bertz CT molecular complexity index is 1970. The molecule has 0 spiro atoms. The summed E-state index contributed by atoms with van der Waals surface area (Å²) in [5.74, 6) is -0.551. The Kier molecular flexibility index (Phi) is 11.4. The maximum absolute atomic E-state index is 14.3. The number of ketones is 1. The van der Waals surface area contributed by atoms with Crippen LogP contribution in [0.2, 0.25) is 5.02 Å². The molecule has 1 fully saturated rings. The van der Waals surface area contributed by atoms with Gasteiger partial charge in [-0.3, -0.25) is 9.59 Å². The molecule has 0 amide bonds. The zero-order chi connectivity index (χ0) is 37.0. The first-order valence-corrected chi connectivity index (χ1v) is 17.6. The Labute approximate surface area is 304 Å². The highest BCUT2D eigenvalue weighted by molar-refractivity contribution is 6.36. The van der Waals surface area contributed by atoms with Crippen molar-refractivity contribution < 1.29 is 42.1 Å². The molecule has 2 aliphatic rings. The maximum atomic E-state index is 14.3. The number of nitrogens with zero attached hydrogens (tertiary/aromatic N) is 2. The lowest BCUT2D eigenvalue weighted by Gasteiger charge is -2.20. The van der Waals surface area contributed by atoms with Gasteiger partial charge < -0.3 is 24.6 Å². The number of aromatic nitrogens is 2. The van der Waals surface area contributed by atoms with E-state index in [9.17, 15) is 22.8 Å². The van der Waals surface area contributed by atoms with Gasteiger partial charge in [0.25, 0.3) is 0 Å². The number of methoxy groups -OCH3 is 2. The fourth-order valence-corrected chi connectivity index (χ4v) is 7.40. The lowest BCUT2D eigenvalue weighted by Crippen LogP contribution is -2.21. The quantitative estimate of drug-likeness (QED) is 0.131. The van der Waals surface area contributed by atoms with E-state index in [0.717, 1.165) is 46.8 Å². The number of carboxylic acid groups (broad SMARTS) is 1. The second-order valence-electron chi connectivity index (χ2n) is 13.1. The fraction of sp³-hybridized carbons (Fsp3) is 0.385. The summed E-state index contributed by atoms with van der Waals surface area (Å²) in [7, 11) is 2.87. The average molecular weight is 738 g/mol. The minimum Gasteiger partial charge on any atom is -0.481 e. The number of rotatable bonds is 14. The van der Waals surface area contributed by atoms with Crippen molar-refractivity contribution in [3.8, 4) is 40.0 Å². The van der Waals surface area contributed by atoms with Crippen LogP contribution >= 0.6 is 11.6 Å². The maximum Gasteiger partial charge on any atom is 0.421 e. The van der Waals surface area contributed by atoms with Crippen LogP contribution in [0.5, 0.6) is 17.6 Å². The van der Waals surface area contributed by atoms with Gasteiger partial charge in [-0.1, -0.05) is 54.1 Å². The fourth-order valence-electron chi connectivity index (χ4n) is 7.07. The van der Waals surface area contributed by atoms with Crippen molar-refractivity contribution in [2.45, 2.75) is 70.2 Å². The number of benzene rings is 2. The SMILES string of the molecule is COc1nc(-c2cccc(-c3cccc4c3CC[C@@H]4Oc3nc(OC)c(CCCC(=O)O)cc3C(F)(F)F)c2Cl)ccc1CNC[C@@H]1CCC(=O)C1. The number of aliphatic carboxylic acids is 1. The third-order valence-corrected chi connectivity index (χ3v) is 10.0. The predicted octanol–water partition coefficient (Wildman–Crippen LogP) is 8.43. The molecule has 2 N–H and O–H groups in total. The van der Waals surface area contributed by atoms with E-state index < -0.39 is 29.7 Å². The first kappa shape index (κ1) is 37.1. The predicted molar refractivity (Wildman–Crippen MR) is 189 cm³/mol. The van der Waals surface area contributed by atoms with Gasteiger partial charge in [0.05, 0.1) is 24.9 Å². The lowest BCUT2D eigenvalue weighted by atomic mass is 9.94. The van der Waals surface area contributed by atoms with Crippen molar-refractivity contribution in [2.75, 3.05) is 20.8 Å². The molecule has 0 radical (unpaired) electrons. The third-order valence-electron chi connectivity index (χ3n) is 9.63. The van der Waals surface area contributed by atoms with Crippen LogP contribution in [0.3, 0.4) is 0 Å². The molecule has 0 saturated heterocycles. The zero-order valence-electron chi connectivity index (χ0n) is 28.8. The molecular formula is C39H39ClF3N3O6. The highest BCUT2D eigenvalue weighted by atomic mass is 35.5. The van der Waals surface area contributed by atoms with E-state index in [-0.39, 0.29) is 30.7 Å². The van der Waals surface area contributed by atoms with Gasteiger partial charge in [-0.25, -0.2) is 4.98 Å². The Morgan fingerprint density at radius 3 is 2.38 bits per heavy atom.